The van der Waals surface area contributed by atoms with E-state index in [4.69, 9.17) is 18.9 Å². The van der Waals surface area contributed by atoms with Crippen LogP contribution in [-0.2, 0) is 15.6 Å². The Labute approximate surface area is 261 Å². The first kappa shape index (κ1) is 28.9. The van der Waals surface area contributed by atoms with Gasteiger partial charge < -0.3 is 24.3 Å². The molecule has 1 aliphatic carbocycles. The maximum Gasteiger partial charge on any atom is 0.119 e. The Hall–Kier alpha value is -3.80. The minimum atomic E-state index is -0.363. The highest BCUT2D eigenvalue weighted by atomic mass is 16.6. The number of rotatable bonds is 14. The third-order valence-electron chi connectivity index (χ3n) is 9.59. The lowest BCUT2D eigenvalue weighted by molar-refractivity contribution is 0.263. The average Bonchev–Trinajstić information content (AvgIpc) is 3.91. The molecule has 2 aliphatic heterocycles. The Morgan fingerprint density at radius 3 is 1.41 bits per heavy atom. The summed E-state index contributed by atoms with van der Waals surface area (Å²) >= 11 is 0. The largest absolute Gasteiger partial charge is 0.493 e. The summed E-state index contributed by atoms with van der Waals surface area (Å²) in [4.78, 5) is 0. The van der Waals surface area contributed by atoms with Crippen molar-refractivity contribution in [3.8, 4) is 17.2 Å². The molecule has 228 valence electrons. The van der Waals surface area contributed by atoms with Crippen LogP contribution in [0.2, 0.25) is 0 Å². The minimum Gasteiger partial charge on any atom is -0.493 e. The van der Waals surface area contributed by atoms with Crippen molar-refractivity contribution >= 4 is 0 Å². The van der Waals surface area contributed by atoms with Gasteiger partial charge in [0.25, 0.3) is 0 Å². The Morgan fingerprint density at radius 1 is 0.591 bits per heavy atom. The van der Waals surface area contributed by atoms with Crippen molar-refractivity contribution in [2.75, 3.05) is 33.0 Å². The summed E-state index contributed by atoms with van der Waals surface area (Å²) in [6.45, 7) is 10.9. The second kappa shape index (κ2) is 11.9. The molecule has 2 saturated heterocycles. The maximum absolute atomic E-state index is 6.07. The zero-order valence-electron chi connectivity index (χ0n) is 26.1. The molecular weight excluding hydrogens is 546 g/mol. The smallest absolute Gasteiger partial charge is 0.119 e. The topological polar surface area (TPSA) is 62.2 Å². The van der Waals surface area contributed by atoms with E-state index in [1.807, 2.05) is 0 Å². The molecule has 5 heteroatoms. The van der Waals surface area contributed by atoms with Crippen molar-refractivity contribution in [3.63, 3.8) is 0 Å². The fourth-order valence-corrected chi connectivity index (χ4v) is 5.87. The van der Waals surface area contributed by atoms with Gasteiger partial charge in [-0.2, -0.15) is 0 Å². The fourth-order valence-electron chi connectivity index (χ4n) is 5.87. The highest BCUT2D eigenvalue weighted by Crippen LogP contribution is 2.42. The average molecular weight is 590 g/mol. The van der Waals surface area contributed by atoms with Crippen LogP contribution in [0.25, 0.3) is 0 Å². The molecule has 3 unspecified atom stereocenters. The van der Waals surface area contributed by atoms with Crippen molar-refractivity contribution in [2.45, 2.75) is 56.6 Å². The molecule has 5 nitrogen and oxygen atoms in total. The highest BCUT2D eigenvalue weighted by molar-refractivity contribution is 5.53. The molecule has 2 heterocycles. The lowest BCUT2D eigenvalue weighted by atomic mass is 9.70. The van der Waals surface area contributed by atoms with Crippen LogP contribution in [0, 0.1) is 5.92 Å². The first-order valence-electron chi connectivity index (χ1n) is 16.0. The van der Waals surface area contributed by atoms with Crippen LogP contribution in [0.5, 0.6) is 17.2 Å². The van der Waals surface area contributed by atoms with Gasteiger partial charge in [0.2, 0.25) is 0 Å². The van der Waals surface area contributed by atoms with Crippen molar-refractivity contribution < 1.29 is 18.9 Å². The summed E-state index contributed by atoms with van der Waals surface area (Å²) in [5, 5.41) is 3.30. The molecular formula is C39H43NO4. The Morgan fingerprint density at radius 2 is 0.977 bits per heavy atom. The van der Waals surface area contributed by atoms with Gasteiger partial charge in [-0.15, -0.1) is 0 Å². The van der Waals surface area contributed by atoms with Gasteiger partial charge in [-0.25, -0.2) is 0 Å². The first-order chi connectivity index (χ1) is 21.4. The molecule has 0 aromatic heterocycles. The summed E-state index contributed by atoms with van der Waals surface area (Å²) in [6.07, 6.45) is 2.83. The van der Waals surface area contributed by atoms with E-state index in [1.54, 1.807) is 0 Å². The fraction of sp³-hybridized carbons (Fsp3) is 0.385. The van der Waals surface area contributed by atoms with E-state index < -0.39 is 0 Å². The van der Waals surface area contributed by atoms with E-state index in [9.17, 15) is 0 Å². The van der Waals surface area contributed by atoms with Crippen molar-refractivity contribution in [3.05, 3.63) is 125 Å². The SMILES string of the molecule is CC(C)(c1ccc(OCC2CO2)cc1)c1ccc(C(C)(c2ccc(OCC3CC3)cc2)c2ccc(OCC3CN3)cc2)cc1. The van der Waals surface area contributed by atoms with Crippen LogP contribution in [-0.4, -0.2) is 45.1 Å². The molecule has 44 heavy (non-hydrogen) atoms. The predicted molar refractivity (Wildman–Crippen MR) is 174 cm³/mol. The predicted octanol–water partition coefficient (Wildman–Crippen LogP) is 7.28. The van der Waals surface area contributed by atoms with Crippen molar-refractivity contribution in [2.24, 2.45) is 5.92 Å². The monoisotopic (exact) mass is 589 g/mol. The summed E-state index contributed by atoms with van der Waals surface area (Å²) in [5.74, 6) is 3.46. The standard InChI is InChI=1S/C39H43NO4/c1-38(2,29-10-16-36(17-11-29)43-25-37-26-44-37)28-6-8-30(9-7-28)39(3,31-12-18-34(19-13-31)41-23-27-4-5-27)32-14-20-35(21-15-32)42-24-33-22-40-33/h6-21,27,33,37,40H,4-5,22-26H2,1-3H3. The molecule has 4 aromatic rings. The second-order valence-electron chi connectivity index (χ2n) is 13.3. The number of nitrogens with one attached hydrogen (secondary N) is 1. The lowest BCUT2D eigenvalue weighted by Gasteiger charge is -2.33. The Bertz CT molecular complexity index is 1470. The molecule has 3 fully saturated rings. The molecule has 3 aliphatic rings. The van der Waals surface area contributed by atoms with Gasteiger partial charge in [0, 0.05) is 17.4 Å². The van der Waals surface area contributed by atoms with Crippen LogP contribution in [0.4, 0.5) is 0 Å². The van der Waals surface area contributed by atoms with Gasteiger partial charge >= 0.3 is 0 Å². The molecule has 1 N–H and O–H groups in total. The van der Waals surface area contributed by atoms with Gasteiger partial charge in [-0.3, -0.25) is 0 Å². The molecule has 0 bridgehead atoms. The summed E-state index contributed by atoms with van der Waals surface area (Å²) < 4.78 is 23.2. The zero-order chi connectivity index (χ0) is 30.1. The normalized spacial score (nSPS) is 20.4. The quantitative estimate of drug-likeness (QED) is 0.124. The second-order valence-corrected chi connectivity index (χ2v) is 13.3. The van der Waals surface area contributed by atoms with Gasteiger partial charge in [-0.1, -0.05) is 74.5 Å². The summed E-state index contributed by atoms with van der Waals surface area (Å²) in [5.41, 5.74) is 5.69. The molecule has 1 saturated carbocycles. The molecule has 0 radical (unpaired) electrons. The third kappa shape index (κ3) is 6.50. The van der Waals surface area contributed by atoms with E-state index in [0.29, 0.717) is 19.3 Å². The van der Waals surface area contributed by atoms with E-state index in [-0.39, 0.29) is 16.9 Å². The van der Waals surface area contributed by atoms with Crippen molar-refractivity contribution in [1.82, 2.24) is 5.32 Å². The summed E-state index contributed by atoms with van der Waals surface area (Å²) in [6, 6.07) is 35.5. The molecule has 4 aromatic carbocycles. The Balaban J connectivity index is 1.15. The number of ether oxygens (including phenoxy) is 4. The maximum atomic E-state index is 6.07. The van der Waals surface area contributed by atoms with Crippen molar-refractivity contribution in [1.29, 1.82) is 0 Å². The first-order valence-corrected chi connectivity index (χ1v) is 16.0. The zero-order valence-corrected chi connectivity index (χ0v) is 26.1. The summed E-state index contributed by atoms with van der Waals surface area (Å²) in [7, 11) is 0. The molecule has 0 spiro atoms. The van der Waals surface area contributed by atoms with Gasteiger partial charge in [0.1, 0.15) is 36.6 Å². The van der Waals surface area contributed by atoms with Crippen LogP contribution in [0.15, 0.2) is 97.1 Å². The number of epoxide rings is 1. The molecule has 3 atom stereocenters. The number of hydrogen-bond donors (Lipinski definition) is 1. The highest BCUT2D eigenvalue weighted by Gasteiger charge is 2.33. The van der Waals surface area contributed by atoms with Gasteiger partial charge in [-0.05, 0) is 89.9 Å². The van der Waals surface area contributed by atoms with Crippen LogP contribution >= 0.6 is 0 Å². The van der Waals surface area contributed by atoms with Crippen LogP contribution in [0.3, 0.4) is 0 Å². The Kier molecular flexibility index (Phi) is 7.86. The van der Waals surface area contributed by atoms with E-state index in [0.717, 1.165) is 42.9 Å². The third-order valence-corrected chi connectivity index (χ3v) is 9.59. The number of benzene rings is 4. The minimum absolute atomic E-state index is 0.164. The molecule has 0 amide bonds. The van der Waals surface area contributed by atoms with Crippen LogP contribution in [0.1, 0.15) is 61.4 Å². The van der Waals surface area contributed by atoms with E-state index in [2.05, 4.69) is 123 Å². The van der Waals surface area contributed by atoms with E-state index in [1.165, 1.54) is 40.7 Å². The number of hydrogen-bond acceptors (Lipinski definition) is 5. The lowest BCUT2D eigenvalue weighted by Crippen LogP contribution is -2.26. The van der Waals surface area contributed by atoms with E-state index >= 15 is 0 Å². The van der Waals surface area contributed by atoms with Gasteiger partial charge in [0.05, 0.1) is 19.3 Å². The molecule has 7 rings (SSSR count). The van der Waals surface area contributed by atoms with Crippen LogP contribution < -0.4 is 19.5 Å². The van der Waals surface area contributed by atoms with Gasteiger partial charge in [0.15, 0.2) is 0 Å².